The summed E-state index contributed by atoms with van der Waals surface area (Å²) < 4.78 is 0. The van der Waals surface area contributed by atoms with E-state index in [9.17, 15) is 4.79 Å². The average molecular weight is 359 g/mol. The van der Waals surface area contributed by atoms with Crippen molar-refractivity contribution in [1.82, 2.24) is 5.32 Å². The van der Waals surface area contributed by atoms with Crippen LogP contribution in [0.2, 0.25) is 0 Å². The highest BCUT2D eigenvalue weighted by atomic mass is 32.1. The molecule has 25 heavy (non-hydrogen) atoms. The van der Waals surface area contributed by atoms with Crippen LogP contribution in [0.3, 0.4) is 0 Å². The maximum absolute atomic E-state index is 12.7. The van der Waals surface area contributed by atoms with Gasteiger partial charge in [-0.3, -0.25) is 4.79 Å². The second-order valence-electron chi connectivity index (χ2n) is 6.69. The number of benzene rings is 1. The van der Waals surface area contributed by atoms with Crippen molar-refractivity contribution in [3.63, 3.8) is 0 Å². The molecule has 0 bridgehead atoms. The largest absolute Gasteiger partial charge is 0.346 e. The van der Waals surface area contributed by atoms with E-state index in [1.807, 2.05) is 23.6 Å². The molecule has 2 rings (SSSR count). The Kier molecular flexibility index (Phi) is 8.16. The number of amides is 1. The Morgan fingerprint density at radius 3 is 2.52 bits per heavy atom. The minimum Gasteiger partial charge on any atom is -0.346 e. The van der Waals surface area contributed by atoms with E-state index in [-0.39, 0.29) is 11.4 Å². The zero-order valence-corrected chi connectivity index (χ0v) is 16.0. The number of carbonyl (C=O) groups is 1. The molecule has 1 heterocycles. The van der Waals surface area contributed by atoms with Crippen LogP contribution in [-0.4, -0.2) is 18.0 Å². The van der Waals surface area contributed by atoms with Crippen molar-refractivity contribution in [3.8, 4) is 0 Å². The Morgan fingerprint density at radius 1 is 1.08 bits per heavy atom. The van der Waals surface area contributed by atoms with E-state index in [0.29, 0.717) is 6.54 Å². The summed E-state index contributed by atoms with van der Waals surface area (Å²) in [5.74, 6) is 0.0352. The number of thiophene rings is 1. The van der Waals surface area contributed by atoms with Crippen molar-refractivity contribution in [2.75, 3.05) is 6.54 Å². The summed E-state index contributed by atoms with van der Waals surface area (Å²) in [5, 5.41) is 5.30. The average Bonchev–Trinajstić information content (AvgIpc) is 3.16. The highest BCUT2D eigenvalue weighted by Crippen LogP contribution is 2.26. The van der Waals surface area contributed by atoms with Gasteiger partial charge in [0.05, 0.1) is 4.88 Å². The van der Waals surface area contributed by atoms with Gasteiger partial charge in [-0.25, -0.2) is 0 Å². The van der Waals surface area contributed by atoms with Gasteiger partial charge in [0.1, 0.15) is 0 Å². The third-order valence-electron chi connectivity index (χ3n) is 4.74. The quantitative estimate of drug-likeness (QED) is 0.568. The van der Waals surface area contributed by atoms with Crippen LogP contribution in [0, 0.1) is 0 Å². The molecule has 1 unspecified atom stereocenters. The molecule has 3 nitrogen and oxygen atoms in total. The molecule has 0 spiro atoms. The van der Waals surface area contributed by atoms with Crippen molar-refractivity contribution in [2.45, 2.75) is 57.4 Å². The predicted molar refractivity (Wildman–Crippen MR) is 107 cm³/mol. The summed E-state index contributed by atoms with van der Waals surface area (Å²) >= 11 is 1.49. The van der Waals surface area contributed by atoms with E-state index in [0.717, 1.165) is 37.0 Å². The molecule has 0 aliphatic carbocycles. The maximum Gasteiger partial charge on any atom is 0.261 e. The van der Waals surface area contributed by atoms with Gasteiger partial charge in [-0.2, -0.15) is 0 Å². The minimum atomic E-state index is -0.221. The topological polar surface area (TPSA) is 55.1 Å². The minimum absolute atomic E-state index is 0.0352. The first-order valence-electron chi connectivity index (χ1n) is 9.29. The predicted octanol–water partition coefficient (Wildman–Crippen LogP) is 4.78. The molecular weight excluding hydrogens is 328 g/mol. The van der Waals surface area contributed by atoms with Gasteiger partial charge in [-0.15, -0.1) is 11.3 Å². The molecular formula is C21H30N2OS. The first-order valence-corrected chi connectivity index (χ1v) is 10.2. The van der Waals surface area contributed by atoms with Gasteiger partial charge >= 0.3 is 0 Å². The van der Waals surface area contributed by atoms with Gasteiger partial charge in [0, 0.05) is 5.54 Å². The molecule has 1 aromatic heterocycles. The third kappa shape index (κ3) is 6.29. The summed E-state index contributed by atoms with van der Waals surface area (Å²) in [6, 6.07) is 14.3. The molecule has 0 aliphatic rings. The molecule has 1 amide bonds. The number of carbonyl (C=O) groups excluding carboxylic acids is 1. The number of nitrogens with two attached hydrogens (primary N) is 1. The number of hydrogen-bond acceptors (Lipinski definition) is 3. The molecule has 4 heteroatoms. The Hall–Kier alpha value is -1.65. The lowest BCUT2D eigenvalue weighted by Crippen LogP contribution is -2.50. The van der Waals surface area contributed by atoms with Crippen molar-refractivity contribution in [3.05, 3.63) is 58.3 Å². The number of rotatable bonds is 11. The van der Waals surface area contributed by atoms with E-state index in [1.165, 1.54) is 29.7 Å². The van der Waals surface area contributed by atoms with Gasteiger partial charge in [0.25, 0.3) is 5.91 Å². The zero-order chi connectivity index (χ0) is 18.0. The molecule has 0 fully saturated rings. The van der Waals surface area contributed by atoms with Crippen molar-refractivity contribution in [1.29, 1.82) is 0 Å². The lowest BCUT2D eigenvalue weighted by Gasteiger charge is -2.35. The van der Waals surface area contributed by atoms with Crippen molar-refractivity contribution in [2.24, 2.45) is 5.73 Å². The van der Waals surface area contributed by atoms with Gasteiger partial charge < -0.3 is 11.1 Å². The molecule has 0 saturated carbocycles. The molecule has 0 saturated heterocycles. The van der Waals surface area contributed by atoms with Gasteiger partial charge in [-0.1, -0.05) is 62.6 Å². The lowest BCUT2D eigenvalue weighted by atomic mass is 9.83. The lowest BCUT2D eigenvalue weighted by molar-refractivity contribution is 0.0882. The summed E-state index contributed by atoms with van der Waals surface area (Å²) in [4.78, 5) is 13.5. The molecule has 0 aliphatic heterocycles. The first-order chi connectivity index (χ1) is 12.2. The number of nitrogens with one attached hydrogen (secondary N) is 1. The summed E-state index contributed by atoms with van der Waals surface area (Å²) in [6.45, 7) is 2.80. The second kappa shape index (κ2) is 10.4. The van der Waals surface area contributed by atoms with Gasteiger partial charge in [0.15, 0.2) is 0 Å². The summed E-state index contributed by atoms with van der Waals surface area (Å²) in [5.41, 5.74) is 7.02. The van der Waals surface area contributed by atoms with E-state index in [1.54, 1.807) is 0 Å². The van der Waals surface area contributed by atoms with Crippen LogP contribution >= 0.6 is 11.3 Å². The number of hydrogen-bond donors (Lipinski definition) is 2. The van der Waals surface area contributed by atoms with E-state index in [4.69, 9.17) is 5.73 Å². The van der Waals surface area contributed by atoms with Gasteiger partial charge in [-0.05, 0) is 49.2 Å². The van der Waals surface area contributed by atoms with E-state index in [2.05, 4.69) is 36.5 Å². The standard InChI is InChI=1S/C21H30N2OS/c1-2-3-7-13-21(15-16-22,14-12-18-9-5-4-6-10-18)23-20(24)19-11-8-17-25-19/h4-6,8-11,17H,2-3,7,12-16,22H2,1H3,(H,23,24). The second-order valence-corrected chi connectivity index (χ2v) is 7.64. The maximum atomic E-state index is 12.7. The van der Waals surface area contributed by atoms with Crippen LogP contribution < -0.4 is 11.1 Å². The molecule has 2 aromatic rings. The van der Waals surface area contributed by atoms with Crippen LogP contribution in [0.15, 0.2) is 47.8 Å². The summed E-state index contributed by atoms with van der Waals surface area (Å²) in [6.07, 6.45) is 7.17. The summed E-state index contributed by atoms with van der Waals surface area (Å²) in [7, 11) is 0. The van der Waals surface area contributed by atoms with Gasteiger partial charge in [0.2, 0.25) is 0 Å². The van der Waals surface area contributed by atoms with Crippen LogP contribution in [-0.2, 0) is 6.42 Å². The molecule has 0 radical (unpaired) electrons. The molecule has 3 N–H and O–H groups in total. The Morgan fingerprint density at radius 2 is 1.88 bits per heavy atom. The van der Waals surface area contributed by atoms with Crippen LogP contribution in [0.4, 0.5) is 0 Å². The normalized spacial score (nSPS) is 13.4. The van der Waals surface area contributed by atoms with E-state index >= 15 is 0 Å². The molecule has 136 valence electrons. The van der Waals surface area contributed by atoms with Crippen LogP contribution in [0.5, 0.6) is 0 Å². The highest BCUT2D eigenvalue weighted by molar-refractivity contribution is 7.12. The number of unbranched alkanes of at least 4 members (excludes halogenated alkanes) is 2. The first kappa shape index (κ1) is 19.7. The number of aryl methyl sites for hydroxylation is 1. The molecule has 1 atom stereocenters. The fraction of sp³-hybridized carbons (Fsp3) is 0.476. The fourth-order valence-corrected chi connectivity index (χ4v) is 3.91. The SMILES string of the molecule is CCCCCC(CCN)(CCc1ccccc1)NC(=O)c1cccs1. The Bertz CT molecular complexity index is 612. The highest BCUT2D eigenvalue weighted by Gasteiger charge is 2.31. The van der Waals surface area contributed by atoms with Crippen LogP contribution in [0.25, 0.3) is 0 Å². The zero-order valence-electron chi connectivity index (χ0n) is 15.2. The van der Waals surface area contributed by atoms with Crippen molar-refractivity contribution >= 4 is 17.2 Å². The fourth-order valence-electron chi connectivity index (χ4n) is 3.29. The molecule has 1 aromatic carbocycles. The van der Waals surface area contributed by atoms with Crippen LogP contribution in [0.1, 0.15) is 60.7 Å². The Labute approximate surface area is 155 Å². The third-order valence-corrected chi connectivity index (χ3v) is 5.61. The smallest absolute Gasteiger partial charge is 0.261 e. The monoisotopic (exact) mass is 358 g/mol. The Balaban J connectivity index is 2.12. The van der Waals surface area contributed by atoms with Crippen molar-refractivity contribution < 1.29 is 4.79 Å². The van der Waals surface area contributed by atoms with E-state index < -0.39 is 0 Å².